The van der Waals surface area contributed by atoms with E-state index in [1.807, 2.05) is 36.4 Å². The van der Waals surface area contributed by atoms with E-state index in [9.17, 15) is 9.59 Å². The molecule has 3 nitrogen and oxygen atoms in total. The lowest BCUT2D eigenvalue weighted by atomic mass is 9.87. The van der Waals surface area contributed by atoms with Crippen molar-refractivity contribution in [3.8, 4) is 11.3 Å². The van der Waals surface area contributed by atoms with Gasteiger partial charge in [0.2, 0.25) is 11.6 Å². The molecule has 0 saturated carbocycles. The van der Waals surface area contributed by atoms with Crippen molar-refractivity contribution in [1.82, 2.24) is 4.98 Å². The van der Waals surface area contributed by atoms with Crippen molar-refractivity contribution in [3.63, 3.8) is 0 Å². The van der Waals surface area contributed by atoms with Gasteiger partial charge in [-0.25, -0.2) is 0 Å². The van der Waals surface area contributed by atoms with Gasteiger partial charge in [0.1, 0.15) is 0 Å². The lowest BCUT2D eigenvalue weighted by Gasteiger charge is -2.13. The van der Waals surface area contributed by atoms with E-state index in [2.05, 4.69) is 4.98 Å². The Labute approximate surface area is 108 Å². The van der Waals surface area contributed by atoms with Crippen LogP contribution in [0.15, 0.2) is 48.5 Å². The summed E-state index contributed by atoms with van der Waals surface area (Å²) in [6.45, 7) is 0. The van der Waals surface area contributed by atoms with Gasteiger partial charge in [-0.3, -0.25) is 9.59 Å². The number of fused-ring (bicyclic) bond motifs is 5. The van der Waals surface area contributed by atoms with E-state index in [0.717, 1.165) is 22.2 Å². The standard InChI is InChI=1S/C16H9NO2/c18-15-10-6-2-1-5-9(10)14-13(16(15)19)11-7-3-4-8-12(11)17-14/h1-8,17H. The number of rotatable bonds is 0. The highest BCUT2D eigenvalue weighted by Crippen LogP contribution is 2.37. The molecule has 19 heavy (non-hydrogen) atoms. The second kappa shape index (κ2) is 3.42. The number of carbonyl (C=O) groups is 2. The van der Waals surface area contributed by atoms with Gasteiger partial charge in [-0.05, 0) is 6.07 Å². The lowest BCUT2D eigenvalue weighted by Crippen LogP contribution is -2.20. The number of nitrogens with one attached hydrogen (secondary N) is 1. The number of ketones is 2. The molecule has 0 radical (unpaired) electrons. The molecule has 3 aromatic rings. The molecule has 90 valence electrons. The molecule has 0 spiro atoms. The Morgan fingerprint density at radius 1 is 0.737 bits per heavy atom. The second-order valence-corrected chi connectivity index (χ2v) is 4.62. The van der Waals surface area contributed by atoms with Crippen LogP contribution in [0.5, 0.6) is 0 Å². The first-order valence-electron chi connectivity index (χ1n) is 6.06. The van der Waals surface area contributed by atoms with Crippen molar-refractivity contribution in [2.75, 3.05) is 0 Å². The minimum atomic E-state index is -0.425. The van der Waals surface area contributed by atoms with Crippen molar-refractivity contribution in [2.24, 2.45) is 0 Å². The molecule has 1 aromatic heterocycles. The zero-order valence-corrected chi connectivity index (χ0v) is 9.94. The molecule has 4 rings (SSSR count). The van der Waals surface area contributed by atoms with Gasteiger partial charge in [0.15, 0.2) is 0 Å². The zero-order valence-electron chi connectivity index (χ0n) is 9.94. The maximum atomic E-state index is 12.3. The molecule has 0 aliphatic heterocycles. The quantitative estimate of drug-likeness (QED) is 0.620. The van der Waals surface area contributed by atoms with Gasteiger partial charge in [0.25, 0.3) is 0 Å². The summed E-state index contributed by atoms with van der Waals surface area (Å²) in [5.74, 6) is -0.848. The normalized spacial score (nSPS) is 13.5. The van der Waals surface area contributed by atoms with E-state index < -0.39 is 11.6 Å². The highest BCUT2D eigenvalue weighted by atomic mass is 16.2. The maximum absolute atomic E-state index is 12.3. The molecule has 2 aromatic carbocycles. The summed E-state index contributed by atoms with van der Waals surface area (Å²) in [6.07, 6.45) is 0. The van der Waals surface area contributed by atoms with Gasteiger partial charge in [-0.15, -0.1) is 0 Å². The Kier molecular flexibility index (Phi) is 1.85. The molecule has 0 amide bonds. The summed E-state index contributed by atoms with van der Waals surface area (Å²) in [7, 11) is 0. The van der Waals surface area contributed by atoms with Crippen LogP contribution < -0.4 is 0 Å². The SMILES string of the molecule is O=C1C(=O)c2c([nH]c3ccccc23)-c2ccccc21. The van der Waals surface area contributed by atoms with Crippen LogP contribution in [0.2, 0.25) is 0 Å². The van der Waals surface area contributed by atoms with E-state index in [-0.39, 0.29) is 0 Å². The average molecular weight is 247 g/mol. The summed E-state index contributed by atoms with van der Waals surface area (Å²) >= 11 is 0. The molecule has 1 N–H and O–H groups in total. The Bertz CT molecular complexity index is 858. The minimum absolute atomic E-state index is 0.423. The molecular weight excluding hydrogens is 238 g/mol. The molecule has 1 heterocycles. The third-order valence-corrected chi connectivity index (χ3v) is 3.58. The van der Waals surface area contributed by atoms with Crippen LogP contribution >= 0.6 is 0 Å². The van der Waals surface area contributed by atoms with Crippen molar-refractivity contribution in [3.05, 3.63) is 59.7 Å². The van der Waals surface area contributed by atoms with Crippen LogP contribution in [0, 0.1) is 0 Å². The van der Waals surface area contributed by atoms with Gasteiger partial charge < -0.3 is 4.98 Å². The Hall–Kier alpha value is -2.68. The number of carbonyl (C=O) groups excluding carboxylic acids is 2. The highest BCUT2D eigenvalue weighted by molar-refractivity contribution is 6.54. The summed E-state index contributed by atoms with van der Waals surface area (Å²) in [5, 5.41) is 0.811. The van der Waals surface area contributed by atoms with Gasteiger partial charge >= 0.3 is 0 Å². The first-order chi connectivity index (χ1) is 9.27. The second-order valence-electron chi connectivity index (χ2n) is 4.62. The number of para-hydroxylation sites is 1. The van der Waals surface area contributed by atoms with E-state index in [0.29, 0.717) is 11.1 Å². The largest absolute Gasteiger partial charge is 0.354 e. The topological polar surface area (TPSA) is 49.9 Å². The molecule has 0 unspecified atom stereocenters. The van der Waals surface area contributed by atoms with E-state index >= 15 is 0 Å². The summed E-state index contributed by atoms with van der Waals surface area (Å²) in [4.78, 5) is 27.7. The van der Waals surface area contributed by atoms with Gasteiger partial charge in [0.05, 0.1) is 11.3 Å². The van der Waals surface area contributed by atoms with Crippen LogP contribution in [0.3, 0.4) is 0 Å². The molecule has 0 saturated heterocycles. The summed E-state index contributed by atoms with van der Waals surface area (Å²) < 4.78 is 0. The molecule has 0 bridgehead atoms. The first kappa shape index (κ1) is 10.3. The average Bonchev–Trinajstić information content (AvgIpc) is 2.84. The van der Waals surface area contributed by atoms with Crippen LogP contribution in [0.1, 0.15) is 20.7 Å². The number of hydrogen-bond donors (Lipinski definition) is 1. The van der Waals surface area contributed by atoms with Crippen LogP contribution in [-0.4, -0.2) is 16.6 Å². The highest BCUT2D eigenvalue weighted by Gasteiger charge is 2.32. The molecule has 0 atom stereocenters. The number of Topliss-reactive ketones (excluding diaryl/α,β-unsaturated/α-hetero) is 2. The number of benzene rings is 2. The fourth-order valence-corrected chi connectivity index (χ4v) is 2.71. The van der Waals surface area contributed by atoms with Gasteiger partial charge in [-0.1, -0.05) is 42.5 Å². The zero-order chi connectivity index (χ0) is 13.0. The predicted octanol–water partition coefficient (Wildman–Crippen LogP) is 3.21. The number of H-pyrrole nitrogens is 1. The predicted molar refractivity (Wildman–Crippen MR) is 72.4 cm³/mol. The van der Waals surface area contributed by atoms with Crippen molar-refractivity contribution in [2.45, 2.75) is 0 Å². The van der Waals surface area contributed by atoms with Crippen LogP contribution in [0.25, 0.3) is 22.2 Å². The third-order valence-electron chi connectivity index (χ3n) is 3.58. The van der Waals surface area contributed by atoms with Crippen molar-refractivity contribution < 1.29 is 9.59 Å². The molecular formula is C16H9NO2. The lowest BCUT2D eigenvalue weighted by molar-refractivity contribution is 0.0816. The Morgan fingerprint density at radius 2 is 1.42 bits per heavy atom. The molecule has 3 heteroatoms. The van der Waals surface area contributed by atoms with Crippen molar-refractivity contribution in [1.29, 1.82) is 0 Å². The first-order valence-corrected chi connectivity index (χ1v) is 6.06. The van der Waals surface area contributed by atoms with Crippen molar-refractivity contribution >= 4 is 22.5 Å². The number of aromatic nitrogens is 1. The Morgan fingerprint density at radius 3 is 2.26 bits per heavy atom. The fraction of sp³-hybridized carbons (Fsp3) is 0. The summed E-state index contributed by atoms with van der Waals surface area (Å²) in [6, 6.07) is 14.8. The number of hydrogen-bond acceptors (Lipinski definition) is 2. The van der Waals surface area contributed by atoms with E-state index in [1.54, 1.807) is 12.1 Å². The number of aromatic amines is 1. The van der Waals surface area contributed by atoms with Gasteiger partial charge in [-0.2, -0.15) is 0 Å². The van der Waals surface area contributed by atoms with Crippen LogP contribution in [0.4, 0.5) is 0 Å². The summed E-state index contributed by atoms with van der Waals surface area (Å²) in [5.41, 5.74) is 3.41. The minimum Gasteiger partial charge on any atom is -0.354 e. The van der Waals surface area contributed by atoms with E-state index in [1.165, 1.54) is 0 Å². The van der Waals surface area contributed by atoms with Crippen LogP contribution in [-0.2, 0) is 0 Å². The van der Waals surface area contributed by atoms with E-state index in [4.69, 9.17) is 0 Å². The maximum Gasteiger partial charge on any atom is 0.236 e. The molecule has 1 aliphatic rings. The molecule has 1 aliphatic carbocycles. The van der Waals surface area contributed by atoms with Gasteiger partial charge in [0, 0.05) is 22.0 Å². The monoisotopic (exact) mass is 247 g/mol. The third kappa shape index (κ3) is 1.21. The fourth-order valence-electron chi connectivity index (χ4n) is 2.71. The molecule has 0 fully saturated rings. The Balaban J connectivity index is 2.20. The smallest absolute Gasteiger partial charge is 0.236 e.